The van der Waals surface area contributed by atoms with E-state index in [0.29, 0.717) is 11.0 Å². The van der Waals surface area contributed by atoms with Crippen molar-refractivity contribution in [2.75, 3.05) is 11.2 Å². The molecular weight excluding hydrogens is 416 g/mol. The second-order valence-corrected chi connectivity index (χ2v) is 7.93. The number of nitro benzene ring substituents is 1. The highest BCUT2D eigenvalue weighted by Crippen LogP contribution is 2.29. The Labute approximate surface area is 175 Å². The van der Waals surface area contributed by atoms with E-state index in [4.69, 9.17) is 17.4 Å². The molecule has 0 spiro atoms. The highest BCUT2D eigenvalue weighted by molar-refractivity contribution is 8.00. The molecule has 0 radical (unpaired) electrons. The van der Waals surface area contributed by atoms with Crippen LogP contribution in [0, 0.1) is 17.0 Å². The molecule has 0 bridgehead atoms. The molecule has 1 heterocycles. The maximum Gasteiger partial charge on any atom is 0.271 e. The summed E-state index contributed by atoms with van der Waals surface area (Å²) in [7, 11) is 0. The van der Waals surface area contributed by atoms with Gasteiger partial charge in [0, 0.05) is 17.7 Å². The molecule has 2 aromatic carbocycles. The second-order valence-electron chi connectivity index (χ2n) is 6.21. The van der Waals surface area contributed by atoms with Gasteiger partial charge in [0.15, 0.2) is 5.82 Å². The topological polar surface area (TPSA) is 129 Å². The largest absolute Gasteiger partial charge is 0.335 e. The molecule has 0 aliphatic heterocycles. The van der Waals surface area contributed by atoms with Gasteiger partial charge in [-0.25, -0.2) is 4.68 Å². The van der Waals surface area contributed by atoms with Gasteiger partial charge in [0.1, 0.15) is 0 Å². The highest BCUT2D eigenvalue weighted by Gasteiger charge is 2.21. The smallest absolute Gasteiger partial charge is 0.271 e. The van der Waals surface area contributed by atoms with Crippen LogP contribution in [0.25, 0.3) is 11.4 Å². The molecule has 3 N–H and O–H groups in total. The van der Waals surface area contributed by atoms with Gasteiger partial charge in [-0.3, -0.25) is 14.9 Å². The van der Waals surface area contributed by atoms with Crippen LogP contribution in [-0.4, -0.2) is 31.0 Å². The van der Waals surface area contributed by atoms with Crippen molar-refractivity contribution in [3.63, 3.8) is 0 Å². The van der Waals surface area contributed by atoms with E-state index >= 15 is 0 Å². The summed E-state index contributed by atoms with van der Waals surface area (Å²) >= 11 is 7.15. The SMILES string of the molecule is Cc1ccc(-c2nnc(S[C@H](C)C(=O)Nc3ccc([N+](=O)[O-])cc3Cl)n2N)cc1. The number of halogens is 1. The van der Waals surface area contributed by atoms with Crippen molar-refractivity contribution in [1.82, 2.24) is 14.9 Å². The van der Waals surface area contributed by atoms with Crippen LogP contribution in [0.1, 0.15) is 12.5 Å². The first-order chi connectivity index (χ1) is 13.8. The molecule has 0 saturated carbocycles. The zero-order chi connectivity index (χ0) is 21.1. The third kappa shape index (κ3) is 4.66. The third-order valence-electron chi connectivity index (χ3n) is 4.05. The zero-order valence-corrected chi connectivity index (χ0v) is 17.1. The number of nitro groups is 1. The van der Waals surface area contributed by atoms with Crippen LogP contribution in [-0.2, 0) is 4.79 Å². The van der Waals surface area contributed by atoms with Crippen molar-refractivity contribution in [1.29, 1.82) is 0 Å². The van der Waals surface area contributed by atoms with Gasteiger partial charge < -0.3 is 11.2 Å². The molecule has 0 saturated heterocycles. The molecule has 1 aromatic heterocycles. The predicted octanol–water partition coefficient (Wildman–Crippen LogP) is 3.65. The molecule has 3 aromatic rings. The number of rotatable bonds is 6. The quantitative estimate of drug-likeness (QED) is 0.263. The summed E-state index contributed by atoms with van der Waals surface area (Å²) in [5, 5.41) is 21.5. The predicted molar refractivity (Wildman–Crippen MR) is 112 cm³/mol. The Hall–Kier alpha value is -3.11. The third-order valence-corrected chi connectivity index (χ3v) is 5.42. The Bertz CT molecular complexity index is 1070. The lowest BCUT2D eigenvalue weighted by Gasteiger charge is -2.12. The number of carbonyl (C=O) groups is 1. The van der Waals surface area contributed by atoms with Crippen molar-refractivity contribution in [2.45, 2.75) is 24.3 Å². The Morgan fingerprint density at radius 1 is 1.28 bits per heavy atom. The molecule has 3 rings (SSSR count). The molecule has 0 aliphatic rings. The minimum Gasteiger partial charge on any atom is -0.335 e. The number of non-ortho nitro benzene ring substituents is 1. The van der Waals surface area contributed by atoms with E-state index in [1.54, 1.807) is 6.92 Å². The summed E-state index contributed by atoms with van der Waals surface area (Å²) in [5.41, 5.74) is 2.05. The molecule has 0 aliphatic carbocycles. The maximum absolute atomic E-state index is 12.5. The van der Waals surface area contributed by atoms with Crippen LogP contribution in [0.4, 0.5) is 11.4 Å². The number of hydrogen-bond acceptors (Lipinski definition) is 7. The van der Waals surface area contributed by atoms with Gasteiger partial charge >= 0.3 is 0 Å². The molecule has 1 atom stereocenters. The second kappa shape index (κ2) is 8.50. The first-order valence-corrected chi connectivity index (χ1v) is 9.71. The van der Waals surface area contributed by atoms with Crippen LogP contribution in [0.5, 0.6) is 0 Å². The fraction of sp³-hybridized carbons (Fsp3) is 0.167. The number of nitrogens with one attached hydrogen (secondary N) is 1. The number of amides is 1. The molecular formula is C18H17ClN6O3S. The number of nitrogens with zero attached hydrogens (tertiary/aromatic N) is 4. The van der Waals surface area contributed by atoms with E-state index in [2.05, 4.69) is 15.5 Å². The van der Waals surface area contributed by atoms with Gasteiger partial charge in [0.2, 0.25) is 11.1 Å². The average Bonchev–Trinajstić information content (AvgIpc) is 3.04. The highest BCUT2D eigenvalue weighted by atomic mass is 35.5. The van der Waals surface area contributed by atoms with Crippen LogP contribution >= 0.6 is 23.4 Å². The van der Waals surface area contributed by atoms with Crippen LogP contribution in [0.2, 0.25) is 5.02 Å². The van der Waals surface area contributed by atoms with Gasteiger partial charge in [0.25, 0.3) is 5.69 Å². The lowest BCUT2D eigenvalue weighted by Crippen LogP contribution is -2.23. The van der Waals surface area contributed by atoms with Gasteiger partial charge in [-0.05, 0) is 19.9 Å². The molecule has 1 amide bonds. The summed E-state index contributed by atoms with van der Waals surface area (Å²) < 4.78 is 1.33. The zero-order valence-electron chi connectivity index (χ0n) is 15.5. The van der Waals surface area contributed by atoms with Crippen molar-refractivity contribution in [2.24, 2.45) is 0 Å². The number of benzene rings is 2. The average molecular weight is 433 g/mol. The van der Waals surface area contributed by atoms with Crippen molar-refractivity contribution in [3.8, 4) is 11.4 Å². The van der Waals surface area contributed by atoms with Gasteiger partial charge in [-0.15, -0.1) is 10.2 Å². The molecule has 150 valence electrons. The van der Waals surface area contributed by atoms with Crippen LogP contribution in [0.15, 0.2) is 47.6 Å². The normalized spacial score (nSPS) is 11.8. The number of aromatic nitrogens is 3. The molecule has 0 fully saturated rings. The first-order valence-electron chi connectivity index (χ1n) is 8.45. The Morgan fingerprint density at radius 2 is 1.97 bits per heavy atom. The van der Waals surface area contributed by atoms with Gasteiger partial charge in [-0.2, -0.15) is 0 Å². The summed E-state index contributed by atoms with van der Waals surface area (Å²) in [6.07, 6.45) is 0. The maximum atomic E-state index is 12.5. The lowest BCUT2D eigenvalue weighted by atomic mass is 10.1. The van der Waals surface area contributed by atoms with E-state index in [0.717, 1.165) is 22.9 Å². The Morgan fingerprint density at radius 3 is 2.59 bits per heavy atom. The lowest BCUT2D eigenvalue weighted by molar-refractivity contribution is -0.384. The number of carbonyl (C=O) groups excluding carboxylic acids is 1. The summed E-state index contributed by atoms with van der Waals surface area (Å²) in [6, 6.07) is 11.5. The molecule has 11 heteroatoms. The van der Waals surface area contributed by atoms with Crippen molar-refractivity contribution in [3.05, 3.63) is 63.2 Å². The van der Waals surface area contributed by atoms with E-state index in [1.807, 2.05) is 31.2 Å². The summed E-state index contributed by atoms with van der Waals surface area (Å²) in [5.74, 6) is 6.23. The first kappa shape index (κ1) is 20.6. The molecule has 29 heavy (non-hydrogen) atoms. The standard InChI is InChI=1S/C18H17ClN6O3S/c1-10-3-5-12(6-4-10)16-22-23-18(24(16)20)29-11(2)17(26)21-15-8-7-13(25(27)28)9-14(15)19/h3-9,11H,20H2,1-2H3,(H,21,26)/t11-/m1/s1. The monoisotopic (exact) mass is 432 g/mol. The number of hydrogen-bond donors (Lipinski definition) is 2. The number of nitrogen functional groups attached to an aromatic ring is 1. The van der Waals surface area contributed by atoms with E-state index in [9.17, 15) is 14.9 Å². The van der Waals surface area contributed by atoms with Gasteiger partial charge in [-0.1, -0.05) is 53.2 Å². The fourth-order valence-electron chi connectivity index (χ4n) is 2.42. The van der Waals surface area contributed by atoms with Gasteiger partial charge in [0.05, 0.1) is 20.9 Å². The minimum absolute atomic E-state index is 0.0772. The van der Waals surface area contributed by atoms with E-state index < -0.39 is 10.2 Å². The van der Waals surface area contributed by atoms with Crippen molar-refractivity contribution < 1.29 is 9.72 Å². The fourth-order valence-corrected chi connectivity index (χ4v) is 3.41. The minimum atomic E-state index is -0.571. The number of aryl methyl sites for hydroxylation is 1. The summed E-state index contributed by atoms with van der Waals surface area (Å²) in [6.45, 7) is 3.66. The Kier molecular flexibility index (Phi) is 6.04. The van der Waals surface area contributed by atoms with Crippen LogP contribution < -0.4 is 11.2 Å². The summed E-state index contributed by atoms with van der Waals surface area (Å²) in [4.78, 5) is 22.7. The number of nitrogens with two attached hydrogens (primary N) is 1. The van der Waals surface area contributed by atoms with E-state index in [1.165, 1.54) is 22.9 Å². The number of thioether (sulfide) groups is 1. The molecule has 9 nitrogen and oxygen atoms in total. The molecule has 0 unspecified atom stereocenters. The van der Waals surface area contributed by atoms with Crippen LogP contribution in [0.3, 0.4) is 0 Å². The van der Waals surface area contributed by atoms with E-state index in [-0.39, 0.29) is 22.3 Å². The number of anilines is 1. The Balaban J connectivity index is 1.70. The van der Waals surface area contributed by atoms with Crippen molar-refractivity contribution >= 4 is 40.6 Å².